The zero-order valence-electron chi connectivity index (χ0n) is 23.5. The van der Waals surface area contributed by atoms with Crippen LogP contribution in [0, 0.1) is 5.92 Å². The molecule has 0 spiro atoms. The van der Waals surface area contributed by atoms with E-state index in [4.69, 9.17) is 5.73 Å². The van der Waals surface area contributed by atoms with Crippen molar-refractivity contribution < 1.29 is 24.3 Å². The predicted octanol–water partition coefficient (Wildman–Crippen LogP) is 1.34. The van der Waals surface area contributed by atoms with Crippen molar-refractivity contribution in [1.82, 2.24) is 30.9 Å². The van der Waals surface area contributed by atoms with Crippen LogP contribution in [0.15, 0.2) is 43.0 Å². The van der Waals surface area contributed by atoms with E-state index in [0.717, 1.165) is 16.5 Å². The molecule has 2 heterocycles. The number of aromatic amines is 2. The van der Waals surface area contributed by atoms with Gasteiger partial charge in [-0.2, -0.15) is 11.8 Å². The second-order valence-electron chi connectivity index (χ2n) is 10.1. The minimum Gasteiger partial charge on any atom is -0.480 e. The van der Waals surface area contributed by atoms with Gasteiger partial charge < -0.3 is 36.8 Å². The lowest BCUT2D eigenvalue weighted by molar-refractivity contribution is -0.143. The van der Waals surface area contributed by atoms with Crippen molar-refractivity contribution in [2.75, 3.05) is 12.0 Å². The summed E-state index contributed by atoms with van der Waals surface area (Å²) in [6.45, 7) is 3.56. The van der Waals surface area contributed by atoms with E-state index in [0.29, 0.717) is 24.3 Å². The fourth-order valence-electron chi connectivity index (χ4n) is 4.42. The normalized spacial score (nSPS) is 14.9. The van der Waals surface area contributed by atoms with Gasteiger partial charge in [0.05, 0.1) is 12.4 Å². The van der Waals surface area contributed by atoms with Crippen LogP contribution in [0.1, 0.15) is 37.9 Å². The number of thioether (sulfide) groups is 1. The van der Waals surface area contributed by atoms with Crippen LogP contribution < -0.4 is 21.7 Å². The van der Waals surface area contributed by atoms with Crippen molar-refractivity contribution in [2.24, 2.45) is 11.7 Å². The summed E-state index contributed by atoms with van der Waals surface area (Å²) >= 11 is 1.56. The summed E-state index contributed by atoms with van der Waals surface area (Å²) in [5.74, 6) is -2.55. The van der Waals surface area contributed by atoms with E-state index in [9.17, 15) is 24.3 Å². The van der Waals surface area contributed by atoms with Gasteiger partial charge in [0.25, 0.3) is 0 Å². The van der Waals surface area contributed by atoms with Crippen molar-refractivity contribution in [1.29, 1.82) is 0 Å². The summed E-state index contributed by atoms with van der Waals surface area (Å²) in [4.78, 5) is 62.0. The Balaban J connectivity index is 1.87. The van der Waals surface area contributed by atoms with Crippen LogP contribution in [0.5, 0.6) is 0 Å². The monoisotopic (exact) mass is 585 g/mol. The van der Waals surface area contributed by atoms with Gasteiger partial charge in [-0.15, -0.1) is 0 Å². The van der Waals surface area contributed by atoms with Gasteiger partial charge in [0, 0.05) is 41.8 Å². The molecule has 12 nitrogen and oxygen atoms in total. The molecule has 0 aliphatic heterocycles. The Morgan fingerprint density at radius 2 is 1.71 bits per heavy atom. The number of carboxylic acid groups (broad SMARTS) is 1. The van der Waals surface area contributed by atoms with Crippen molar-refractivity contribution in [3.63, 3.8) is 0 Å². The number of benzene rings is 1. The van der Waals surface area contributed by atoms with Crippen molar-refractivity contribution in [3.8, 4) is 0 Å². The minimum absolute atomic E-state index is 0.0331. The first-order chi connectivity index (χ1) is 19.6. The highest BCUT2D eigenvalue weighted by Crippen LogP contribution is 2.19. The number of imidazole rings is 1. The van der Waals surface area contributed by atoms with Crippen molar-refractivity contribution in [3.05, 3.63) is 54.2 Å². The Hall–Kier alpha value is -3.84. The molecular weight excluding hydrogens is 546 g/mol. The van der Waals surface area contributed by atoms with E-state index in [1.165, 1.54) is 12.5 Å². The number of rotatable bonds is 16. The molecule has 0 fully saturated rings. The molecular formula is C28H39N7O5S. The maximum Gasteiger partial charge on any atom is 0.326 e. The van der Waals surface area contributed by atoms with Gasteiger partial charge >= 0.3 is 5.97 Å². The van der Waals surface area contributed by atoms with Gasteiger partial charge in [0.15, 0.2) is 0 Å². The first-order valence-electron chi connectivity index (χ1n) is 13.5. The fourth-order valence-corrected chi connectivity index (χ4v) is 4.91. The Morgan fingerprint density at radius 3 is 2.37 bits per heavy atom. The number of fused-ring (bicyclic) bond motifs is 1. The number of carboxylic acids is 1. The molecule has 13 heteroatoms. The quantitative estimate of drug-likeness (QED) is 0.131. The van der Waals surface area contributed by atoms with E-state index in [2.05, 4.69) is 30.9 Å². The SMILES string of the molecule is CCC(C)C(NC(=O)C(Cc1cnc[nH]1)NC(=O)C(Cc1c[nH]c2ccccc12)NC(=O)C(N)CCSC)C(=O)O. The van der Waals surface area contributed by atoms with Crippen molar-refractivity contribution >= 4 is 46.4 Å². The summed E-state index contributed by atoms with van der Waals surface area (Å²) < 4.78 is 0. The molecule has 0 aliphatic rings. The third kappa shape index (κ3) is 8.82. The molecule has 0 radical (unpaired) electrons. The summed E-state index contributed by atoms with van der Waals surface area (Å²) in [7, 11) is 0. The molecule has 0 aliphatic carbocycles. The Bertz CT molecular complexity index is 1310. The second kappa shape index (κ2) is 15.2. The molecule has 222 valence electrons. The lowest BCUT2D eigenvalue weighted by Gasteiger charge is -2.26. The van der Waals surface area contributed by atoms with Crippen LogP contribution in [0.3, 0.4) is 0 Å². The lowest BCUT2D eigenvalue weighted by atomic mass is 9.98. The molecule has 3 amide bonds. The second-order valence-corrected chi connectivity index (χ2v) is 11.1. The average molecular weight is 586 g/mol. The number of nitrogens with two attached hydrogens (primary N) is 1. The topological polar surface area (TPSA) is 195 Å². The Kier molecular flexibility index (Phi) is 11.8. The molecule has 3 rings (SSSR count). The van der Waals surface area contributed by atoms with Crippen LogP contribution in [0.25, 0.3) is 10.9 Å². The number of amides is 3. The number of para-hydroxylation sites is 1. The summed E-state index contributed by atoms with van der Waals surface area (Å²) in [6.07, 6.45) is 7.80. The number of nitrogens with zero attached hydrogens (tertiary/aromatic N) is 1. The Labute approximate surface area is 243 Å². The van der Waals surface area contributed by atoms with Gasteiger partial charge in [0.2, 0.25) is 17.7 Å². The first-order valence-corrected chi connectivity index (χ1v) is 14.9. The number of H-pyrrole nitrogens is 2. The number of aromatic nitrogens is 3. The maximum absolute atomic E-state index is 13.7. The van der Waals surface area contributed by atoms with Gasteiger partial charge in [-0.3, -0.25) is 14.4 Å². The summed E-state index contributed by atoms with van der Waals surface area (Å²) in [6, 6.07) is 3.46. The number of nitrogens with one attached hydrogen (secondary N) is 5. The Morgan fingerprint density at radius 1 is 1.02 bits per heavy atom. The number of hydrogen-bond donors (Lipinski definition) is 7. The molecule has 5 unspecified atom stereocenters. The third-order valence-corrected chi connectivity index (χ3v) is 7.73. The average Bonchev–Trinajstić information content (AvgIpc) is 3.63. The molecule has 5 atom stereocenters. The van der Waals surface area contributed by atoms with Gasteiger partial charge in [-0.25, -0.2) is 9.78 Å². The smallest absolute Gasteiger partial charge is 0.326 e. The molecule has 41 heavy (non-hydrogen) atoms. The lowest BCUT2D eigenvalue weighted by Crippen LogP contribution is -2.58. The van der Waals surface area contributed by atoms with Crippen molar-refractivity contribution in [2.45, 2.75) is 63.7 Å². The zero-order chi connectivity index (χ0) is 29.9. The zero-order valence-corrected chi connectivity index (χ0v) is 24.3. The number of aliphatic carboxylic acids is 1. The third-order valence-electron chi connectivity index (χ3n) is 7.09. The van der Waals surface area contributed by atoms with E-state index in [1.807, 2.05) is 37.4 Å². The molecule has 2 aromatic heterocycles. The van der Waals surface area contributed by atoms with E-state index >= 15 is 0 Å². The largest absolute Gasteiger partial charge is 0.480 e. The highest BCUT2D eigenvalue weighted by Gasteiger charge is 2.32. The number of carbonyl (C=O) groups excluding carboxylic acids is 3. The van der Waals surface area contributed by atoms with Crippen LogP contribution in [-0.4, -0.2) is 79.9 Å². The van der Waals surface area contributed by atoms with E-state index in [-0.39, 0.29) is 18.8 Å². The van der Waals surface area contributed by atoms with Gasteiger partial charge in [-0.1, -0.05) is 38.5 Å². The highest BCUT2D eigenvalue weighted by molar-refractivity contribution is 7.98. The highest BCUT2D eigenvalue weighted by atomic mass is 32.2. The van der Waals surface area contributed by atoms with Gasteiger partial charge in [0.1, 0.15) is 18.1 Å². The number of carbonyl (C=O) groups is 4. The van der Waals surface area contributed by atoms with Crippen LogP contribution in [-0.2, 0) is 32.0 Å². The van der Waals surface area contributed by atoms with E-state index in [1.54, 1.807) is 24.9 Å². The first kappa shape index (κ1) is 31.7. The molecule has 3 aromatic rings. The standard InChI is InChI=1S/C28H39N7O5S/c1-4-16(2)24(28(39)40)35-27(38)23(12-18-14-30-15-32-18)34-26(37)22(33-25(36)20(29)9-10-41-3)11-17-13-31-21-8-6-5-7-19(17)21/h5-8,13-16,20,22-24,31H,4,9-12,29H2,1-3H3,(H,30,32)(H,33,36)(H,34,37)(H,35,38)(H,39,40). The predicted molar refractivity (Wildman–Crippen MR) is 158 cm³/mol. The molecule has 0 bridgehead atoms. The van der Waals surface area contributed by atoms with Crippen LogP contribution >= 0.6 is 11.8 Å². The van der Waals surface area contributed by atoms with E-state index < -0.39 is 47.9 Å². The molecule has 1 aromatic carbocycles. The maximum atomic E-state index is 13.7. The summed E-state index contributed by atoms with van der Waals surface area (Å²) in [5, 5.41) is 18.7. The molecule has 0 saturated heterocycles. The number of hydrogen-bond acceptors (Lipinski definition) is 7. The fraction of sp³-hybridized carbons (Fsp3) is 0.464. The van der Waals surface area contributed by atoms with Crippen LogP contribution in [0.4, 0.5) is 0 Å². The molecule has 0 saturated carbocycles. The molecule has 8 N–H and O–H groups in total. The van der Waals surface area contributed by atoms with Crippen LogP contribution in [0.2, 0.25) is 0 Å². The van der Waals surface area contributed by atoms with Gasteiger partial charge in [-0.05, 0) is 36.0 Å². The minimum atomic E-state index is -1.16. The summed E-state index contributed by atoms with van der Waals surface area (Å²) in [5.41, 5.74) is 8.34.